The van der Waals surface area contributed by atoms with Gasteiger partial charge in [0.15, 0.2) is 0 Å². The monoisotopic (exact) mass is 282 g/mol. The normalized spacial score (nSPS) is 9.79. The van der Waals surface area contributed by atoms with Crippen LogP contribution in [0.15, 0.2) is 23.1 Å². The van der Waals surface area contributed by atoms with Crippen LogP contribution in [0.5, 0.6) is 0 Å². The Labute approximate surface area is 114 Å². The van der Waals surface area contributed by atoms with Crippen molar-refractivity contribution >= 4 is 29.5 Å². The smallest absolute Gasteiger partial charge is 0.335 e. The zero-order chi connectivity index (χ0) is 14.4. The molecule has 0 saturated carbocycles. The molecule has 0 unspecified atom stereocenters. The molecule has 0 atom stereocenters. The standard InChI is InChI=1S/C12H14N2O4S/c1-7-3-4-9(12(17)18)5-10(7)19-6-11(16)14-13-8(2)15/h3-5H,6H2,1-2H3,(H,13,15)(H,14,16)(H,17,18). The SMILES string of the molecule is CC(=O)NNC(=O)CSc1cc(C(=O)O)ccc1C. The Hall–Kier alpha value is -2.02. The van der Waals surface area contributed by atoms with Gasteiger partial charge >= 0.3 is 5.97 Å². The summed E-state index contributed by atoms with van der Waals surface area (Å²) in [7, 11) is 0. The van der Waals surface area contributed by atoms with E-state index in [0.717, 1.165) is 10.5 Å². The van der Waals surface area contributed by atoms with Crippen molar-refractivity contribution in [2.24, 2.45) is 0 Å². The molecule has 2 amide bonds. The molecule has 0 heterocycles. The summed E-state index contributed by atoms with van der Waals surface area (Å²) in [5, 5.41) is 8.89. The second-order valence-corrected chi connectivity index (χ2v) is 4.82. The fraction of sp³-hybridized carbons (Fsp3) is 0.250. The fourth-order valence-corrected chi connectivity index (χ4v) is 2.09. The number of hydrazine groups is 1. The Morgan fingerprint density at radius 2 is 1.95 bits per heavy atom. The number of aromatic carboxylic acids is 1. The van der Waals surface area contributed by atoms with Gasteiger partial charge < -0.3 is 5.11 Å². The minimum atomic E-state index is -1.01. The maximum atomic E-state index is 11.4. The van der Waals surface area contributed by atoms with E-state index in [0.29, 0.717) is 0 Å². The van der Waals surface area contributed by atoms with Crippen molar-refractivity contribution in [3.8, 4) is 0 Å². The lowest BCUT2D eigenvalue weighted by molar-refractivity contribution is -0.126. The number of hydrogen-bond donors (Lipinski definition) is 3. The number of aryl methyl sites for hydroxylation is 1. The quantitative estimate of drug-likeness (QED) is 0.564. The Morgan fingerprint density at radius 1 is 1.26 bits per heavy atom. The van der Waals surface area contributed by atoms with Gasteiger partial charge in [-0.3, -0.25) is 20.4 Å². The molecular formula is C12H14N2O4S. The van der Waals surface area contributed by atoms with Crippen LogP contribution in [0.2, 0.25) is 0 Å². The number of hydrogen-bond acceptors (Lipinski definition) is 4. The van der Waals surface area contributed by atoms with Crippen molar-refractivity contribution in [1.82, 2.24) is 10.9 Å². The van der Waals surface area contributed by atoms with Crippen LogP contribution >= 0.6 is 11.8 Å². The number of benzene rings is 1. The van der Waals surface area contributed by atoms with E-state index in [1.807, 2.05) is 6.92 Å². The van der Waals surface area contributed by atoms with E-state index in [9.17, 15) is 14.4 Å². The summed E-state index contributed by atoms with van der Waals surface area (Å²) in [6.07, 6.45) is 0. The van der Waals surface area contributed by atoms with Crippen LogP contribution in [0.1, 0.15) is 22.8 Å². The minimum absolute atomic E-state index is 0.0875. The van der Waals surface area contributed by atoms with E-state index < -0.39 is 5.97 Å². The number of carbonyl (C=O) groups excluding carboxylic acids is 2. The molecule has 19 heavy (non-hydrogen) atoms. The van der Waals surface area contributed by atoms with Crippen LogP contribution in [0.3, 0.4) is 0 Å². The summed E-state index contributed by atoms with van der Waals surface area (Å²) >= 11 is 1.21. The summed E-state index contributed by atoms with van der Waals surface area (Å²) in [4.78, 5) is 33.6. The van der Waals surface area contributed by atoms with Gasteiger partial charge in [-0.2, -0.15) is 0 Å². The summed E-state index contributed by atoms with van der Waals surface area (Å²) in [5.74, 6) is -1.64. The molecule has 0 bridgehead atoms. The molecule has 1 aromatic rings. The van der Waals surface area contributed by atoms with Gasteiger partial charge in [0.1, 0.15) is 0 Å². The highest BCUT2D eigenvalue weighted by molar-refractivity contribution is 8.00. The molecular weight excluding hydrogens is 268 g/mol. The first-order chi connectivity index (χ1) is 8.90. The van der Waals surface area contributed by atoms with Crippen molar-refractivity contribution in [3.05, 3.63) is 29.3 Å². The zero-order valence-corrected chi connectivity index (χ0v) is 11.3. The van der Waals surface area contributed by atoms with Crippen LogP contribution in [0, 0.1) is 6.92 Å². The molecule has 0 fully saturated rings. The third kappa shape index (κ3) is 5.01. The first-order valence-electron chi connectivity index (χ1n) is 5.42. The molecule has 0 aliphatic heterocycles. The molecule has 1 rings (SSSR count). The number of carboxylic acid groups (broad SMARTS) is 1. The fourth-order valence-electron chi connectivity index (χ4n) is 1.23. The lowest BCUT2D eigenvalue weighted by Crippen LogP contribution is -2.41. The number of rotatable bonds is 4. The van der Waals surface area contributed by atoms with Gasteiger partial charge in [0.2, 0.25) is 11.8 Å². The van der Waals surface area contributed by atoms with Gasteiger partial charge in [0, 0.05) is 11.8 Å². The highest BCUT2D eigenvalue weighted by atomic mass is 32.2. The van der Waals surface area contributed by atoms with Gasteiger partial charge in [-0.15, -0.1) is 11.8 Å². The Balaban J connectivity index is 2.62. The molecule has 0 aromatic heterocycles. The Morgan fingerprint density at radius 3 is 2.53 bits per heavy atom. The Bertz CT molecular complexity index is 516. The van der Waals surface area contributed by atoms with Gasteiger partial charge in [0.25, 0.3) is 0 Å². The number of thioether (sulfide) groups is 1. The number of amides is 2. The Kier molecular flexibility index (Phi) is 5.37. The second kappa shape index (κ2) is 6.79. The summed E-state index contributed by atoms with van der Waals surface area (Å²) in [6.45, 7) is 3.12. The maximum absolute atomic E-state index is 11.4. The molecule has 3 N–H and O–H groups in total. The van der Waals surface area contributed by atoms with Crippen LogP contribution in [-0.2, 0) is 9.59 Å². The molecule has 1 aromatic carbocycles. The molecule has 7 heteroatoms. The van der Waals surface area contributed by atoms with E-state index in [1.54, 1.807) is 6.07 Å². The highest BCUT2D eigenvalue weighted by Gasteiger charge is 2.09. The number of carboxylic acids is 1. The van der Waals surface area contributed by atoms with Crippen molar-refractivity contribution in [2.75, 3.05) is 5.75 Å². The number of carbonyl (C=O) groups is 3. The third-order valence-corrected chi connectivity index (χ3v) is 3.33. The predicted molar refractivity (Wildman–Crippen MR) is 70.8 cm³/mol. The van der Waals surface area contributed by atoms with E-state index in [-0.39, 0.29) is 23.1 Å². The van der Waals surface area contributed by atoms with Gasteiger partial charge in [0.05, 0.1) is 11.3 Å². The minimum Gasteiger partial charge on any atom is -0.478 e. The molecule has 102 valence electrons. The second-order valence-electron chi connectivity index (χ2n) is 3.80. The molecule has 6 nitrogen and oxygen atoms in total. The van der Waals surface area contributed by atoms with Crippen molar-refractivity contribution in [3.63, 3.8) is 0 Å². The van der Waals surface area contributed by atoms with Crippen molar-refractivity contribution in [2.45, 2.75) is 18.7 Å². The van der Waals surface area contributed by atoms with E-state index in [1.165, 1.54) is 30.8 Å². The van der Waals surface area contributed by atoms with Crippen molar-refractivity contribution in [1.29, 1.82) is 0 Å². The van der Waals surface area contributed by atoms with Crippen LogP contribution in [-0.4, -0.2) is 28.6 Å². The number of nitrogens with one attached hydrogen (secondary N) is 2. The van der Waals surface area contributed by atoms with Crippen LogP contribution in [0.25, 0.3) is 0 Å². The lowest BCUT2D eigenvalue weighted by Gasteiger charge is -2.07. The maximum Gasteiger partial charge on any atom is 0.335 e. The largest absolute Gasteiger partial charge is 0.478 e. The first kappa shape index (κ1) is 15.0. The third-order valence-electron chi connectivity index (χ3n) is 2.17. The van der Waals surface area contributed by atoms with Gasteiger partial charge in [-0.1, -0.05) is 6.07 Å². The topological polar surface area (TPSA) is 95.5 Å². The summed E-state index contributed by atoms with van der Waals surface area (Å²) in [5.41, 5.74) is 5.48. The van der Waals surface area contributed by atoms with E-state index in [4.69, 9.17) is 5.11 Å². The molecule has 0 spiro atoms. The lowest BCUT2D eigenvalue weighted by atomic mass is 10.1. The van der Waals surface area contributed by atoms with Crippen LogP contribution in [0.4, 0.5) is 0 Å². The molecule has 0 saturated heterocycles. The van der Waals surface area contributed by atoms with E-state index >= 15 is 0 Å². The molecule has 0 aliphatic carbocycles. The molecule has 0 aliphatic rings. The average Bonchev–Trinajstić information content (AvgIpc) is 2.35. The van der Waals surface area contributed by atoms with E-state index in [2.05, 4.69) is 10.9 Å². The summed E-state index contributed by atoms with van der Waals surface area (Å²) < 4.78 is 0. The first-order valence-corrected chi connectivity index (χ1v) is 6.41. The zero-order valence-electron chi connectivity index (χ0n) is 10.5. The summed E-state index contributed by atoms with van der Waals surface area (Å²) in [6, 6.07) is 4.73. The highest BCUT2D eigenvalue weighted by Crippen LogP contribution is 2.23. The molecule has 0 radical (unpaired) electrons. The van der Waals surface area contributed by atoms with Gasteiger partial charge in [-0.05, 0) is 24.6 Å². The average molecular weight is 282 g/mol. The van der Waals surface area contributed by atoms with Crippen molar-refractivity contribution < 1.29 is 19.5 Å². The van der Waals surface area contributed by atoms with Gasteiger partial charge in [-0.25, -0.2) is 4.79 Å². The van der Waals surface area contributed by atoms with Crippen LogP contribution < -0.4 is 10.9 Å². The predicted octanol–water partition coefficient (Wildman–Crippen LogP) is 0.953.